The van der Waals surface area contributed by atoms with Crippen molar-refractivity contribution in [3.8, 4) is 0 Å². The zero-order valence-electron chi connectivity index (χ0n) is 8.85. The fraction of sp³-hybridized carbons (Fsp3) is 0.875. The molecule has 0 saturated carbocycles. The molecule has 6 nitrogen and oxygen atoms in total. The van der Waals surface area contributed by atoms with Crippen LogP contribution < -0.4 is 5.73 Å². The molecule has 0 rings (SSSR count). The molecule has 0 saturated heterocycles. The number of carboxylic acid groups (broad SMARTS) is 1. The van der Waals surface area contributed by atoms with Gasteiger partial charge in [-0.3, -0.25) is 9.35 Å². The molecule has 92 valence electrons. The van der Waals surface area contributed by atoms with Crippen LogP contribution >= 0.6 is 0 Å². The van der Waals surface area contributed by atoms with E-state index in [1.807, 2.05) is 0 Å². The molecular formula is C8H19NO5S. The summed E-state index contributed by atoms with van der Waals surface area (Å²) in [5, 5.41) is 7.71. The second-order valence-electron chi connectivity index (χ2n) is 2.97. The fourth-order valence-electron chi connectivity index (χ4n) is 0.727. The first kappa shape index (κ1) is 16.8. The second-order valence-corrected chi connectivity index (χ2v) is 4.42. The van der Waals surface area contributed by atoms with Gasteiger partial charge in [0.05, 0.1) is 0 Å². The number of carbonyl (C=O) groups is 1. The number of hydrogen-bond donors (Lipinski definition) is 3. The molecule has 0 amide bonds. The zero-order valence-corrected chi connectivity index (χ0v) is 9.66. The Labute approximate surface area is 90.2 Å². The lowest BCUT2D eigenvalue weighted by molar-refractivity contribution is -0.134. The SMILES string of the molecule is CCCCCCN.O=C(O)CS(=O)(=O)O. The van der Waals surface area contributed by atoms with Gasteiger partial charge in [-0.2, -0.15) is 8.42 Å². The number of hydrogen-bond acceptors (Lipinski definition) is 4. The molecule has 0 spiro atoms. The van der Waals surface area contributed by atoms with E-state index in [1.54, 1.807) is 0 Å². The van der Waals surface area contributed by atoms with Crippen molar-refractivity contribution in [2.75, 3.05) is 12.3 Å². The third-order valence-corrected chi connectivity index (χ3v) is 1.98. The van der Waals surface area contributed by atoms with Crippen LogP contribution in [0.25, 0.3) is 0 Å². The highest BCUT2D eigenvalue weighted by atomic mass is 32.2. The van der Waals surface area contributed by atoms with E-state index in [4.69, 9.17) is 15.4 Å². The predicted molar refractivity (Wildman–Crippen MR) is 57.2 cm³/mol. The third kappa shape index (κ3) is 24.7. The molecule has 15 heavy (non-hydrogen) atoms. The summed E-state index contributed by atoms with van der Waals surface area (Å²) in [4.78, 5) is 9.48. The van der Waals surface area contributed by atoms with Crippen LogP contribution in [-0.2, 0) is 14.9 Å². The minimum atomic E-state index is -4.32. The van der Waals surface area contributed by atoms with Crippen molar-refractivity contribution in [3.05, 3.63) is 0 Å². The Hall–Kier alpha value is -0.660. The maximum atomic E-state index is 9.62. The highest BCUT2D eigenvalue weighted by molar-refractivity contribution is 7.86. The topological polar surface area (TPSA) is 118 Å². The largest absolute Gasteiger partial charge is 0.480 e. The minimum absolute atomic E-state index is 0.861. The summed E-state index contributed by atoms with van der Waals surface area (Å²) in [5.74, 6) is -2.79. The van der Waals surface area contributed by atoms with E-state index in [2.05, 4.69) is 6.92 Å². The summed E-state index contributed by atoms with van der Waals surface area (Å²) in [7, 11) is -4.32. The quantitative estimate of drug-likeness (QED) is 0.460. The lowest BCUT2D eigenvalue weighted by Crippen LogP contribution is -2.13. The smallest absolute Gasteiger partial charge is 0.321 e. The molecule has 0 fully saturated rings. The Morgan fingerprint density at radius 3 is 2.00 bits per heavy atom. The van der Waals surface area contributed by atoms with E-state index in [0.717, 1.165) is 6.54 Å². The van der Waals surface area contributed by atoms with E-state index in [1.165, 1.54) is 25.7 Å². The Morgan fingerprint density at radius 2 is 1.80 bits per heavy atom. The molecule has 0 aliphatic rings. The Kier molecular flexibility index (Phi) is 11.0. The summed E-state index contributed by atoms with van der Waals surface area (Å²) in [6, 6.07) is 0. The molecule has 7 heteroatoms. The summed E-state index contributed by atoms with van der Waals surface area (Å²) in [5.41, 5.74) is 5.27. The molecule has 0 aliphatic heterocycles. The van der Waals surface area contributed by atoms with Gasteiger partial charge in [0.1, 0.15) is 0 Å². The van der Waals surface area contributed by atoms with E-state index in [0.29, 0.717) is 0 Å². The highest BCUT2D eigenvalue weighted by Crippen LogP contribution is 1.95. The van der Waals surface area contributed by atoms with Crippen LogP contribution in [0.4, 0.5) is 0 Å². The molecule has 0 bridgehead atoms. The van der Waals surface area contributed by atoms with Gasteiger partial charge in [0.15, 0.2) is 5.75 Å². The lowest BCUT2D eigenvalue weighted by atomic mass is 10.2. The molecule has 0 aliphatic carbocycles. The Morgan fingerprint density at radius 1 is 1.27 bits per heavy atom. The summed E-state index contributed by atoms with van der Waals surface area (Å²) in [6.07, 6.45) is 5.16. The molecular weight excluding hydrogens is 222 g/mol. The molecule has 0 aromatic heterocycles. The van der Waals surface area contributed by atoms with Crippen LogP contribution in [0.2, 0.25) is 0 Å². The first-order chi connectivity index (χ1) is 6.83. The maximum absolute atomic E-state index is 9.62. The van der Waals surface area contributed by atoms with Crippen LogP contribution in [0, 0.1) is 0 Å². The standard InChI is InChI=1S/C6H15N.C2H4O5S/c1-2-3-4-5-6-7;3-2(4)1-8(5,6)7/h2-7H2,1H3;1H2,(H,3,4)(H,5,6,7). The maximum Gasteiger partial charge on any atom is 0.321 e. The summed E-state index contributed by atoms with van der Waals surface area (Å²) >= 11 is 0. The summed E-state index contributed by atoms with van der Waals surface area (Å²) < 4.78 is 27.0. The van der Waals surface area contributed by atoms with Crippen molar-refractivity contribution in [1.29, 1.82) is 0 Å². The number of rotatable bonds is 6. The van der Waals surface area contributed by atoms with Gasteiger partial charge in [-0.1, -0.05) is 26.2 Å². The van der Waals surface area contributed by atoms with Gasteiger partial charge < -0.3 is 10.8 Å². The number of unbranched alkanes of at least 4 members (excludes halogenated alkanes) is 3. The van der Waals surface area contributed by atoms with Crippen LogP contribution in [0.1, 0.15) is 32.6 Å². The molecule has 0 aromatic carbocycles. The van der Waals surface area contributed by atoms with Gasteiger partial charge in [0, 0.05) is 0 Å². The molecule has 0 radical (unpaired) electrons. The van der Waals surface area contributed by atoms with Crippen LogP contribution in [-0.4, -0.2) is 36.3 Å². The molecule has 0 aromatic rings. The fourth-order valence-corrected chi connectivity index (χ4v) is 1.04. The number of aliphatic carboxylic acids is 1. The molecule has 4 N–H and O–H groups in total. The third-order valence-electron chi connectivity index (χ3n) is 1.36. The van der Waals surface area contributed by atoms with Crippen molar-refractivity contribution in [2.24, 2.45) is 5.73 Å². The molecule has 0 atom stereocenters. The van der Waals surface area contributed by atoms with Gasteiger partial charge in [-0.25, -0.2) is 0 Å². The Bertz CT molecular complexity index is 246. The van der Waals surface area contributed by atoms with E-state index in [-0.39, 0.29) is 0 Å². The van der Waals surface area contributed by atoms with Gasteiger partial charge in [-0.15, -0.1) is 0 Å². The first-order valence-electron chi connectivity index (χ1n) is 4.70. The molecule has 0 unspecified atom stereocenters. The molecule has 0 heterocycles. The van der Waals surface area contributed by atoms with E-state index < -0.39 is 21.8 Å². The monoisotopic (exact) mass is 241 g/mol. The minimum Gasteiger partial charge on any atom is -0.480 e. The Balaban J connectivity index is 0. The van der Waals surface area contributed by atoms with Gasteiger partial charge in [-0.05, 0) is 13.0 Å². The van der Waals surface area contributed by atoms with Crippen molar-refractivity contribution >= 4 is 16.1 Å². The van der Waals surface area contributed by atoms with Crippen molar-refractivity contribution < 1.29 is 22.9 Å². The number of nitrogens with two attached hydrogens (primary N) is 1. The van der Waals surface area contributed by atoms with Crippen molar-refractivity contribution in [2.45, 2.75) is 32.6 Å². The van der Waals surface area contributed by atoms with Gasteiger partial charge in [0.2, 0.25) is 0 Å². The van der Waals surface area contributed by atoms with Crippen LogP contribution in [0.15, 0.2) is 0 Å². The van der Waals surface area contributed by atoms with E-state index in [9.17, 15) is 13.2 Å². The zero-order chi connectivity index (χ0) is 12.3. The van der Waals surface area contributed by atoms with Crippen LogP contribution in [0.3, 0.4) is 0 Å². The number of carboxylic acids is 1. The highest BCUT2D eigenvalue weighted by Gasteiger charge is 2.09. The van der Waals surface area contributed by atoms with Crippen molar-refractivity contribution in [1.82, 2.24) is 0 Å². The van der Waals surface area contributed by atoms with Crippen molar-refractivity contribution in [3.63, 3.8) is 0 Å². The normalized spacial score (nSPS) is 10.3. The van der Waals surface area contributed by atoms with Crippen LogP contribution in [0.5, 0.6) is 0 Å². The predicted octanol–water partition coefficient (Wildman–Crippen LogP) is 0.484. The average Bonchev–Trinajstić information content (AvgIpc) is 2.01. The second kappa shape index (κ2) is 9.88. The first-order valence-corrected chi connectivity index (χ1v) is 6.31. The van der Waals surface area contributed by atoms with E-state index >= 15 is 0 Å². The lowest BCUT2D eigenvalue weighted by Gasteiger charge is -1.90. The van der Waals surface area contributed by atoms with Gasteiger partial charge in [0.25, 0.3) is 10.1 Å². The van der Waals surface area contributed by atoms with Gasteiger partial charge >= 0.3 is 5.97 Å². The summed E-state index contributed by atoms with van der Waals surface area (Å²) in [6.45, 7) is 3.07. The average molecular weight is 241 g/mol.